The lowest BCUT2D eigenvalue weighted by molar-refractivity contribution is -0.143. The highest BCUT2D eigenvalue weighted by Gasteiger charge is 2.40. The van der Waals surface area contributed by atoms with Crippen molar-refractivity contribution in [1.29, 1.82) is 0 Å². The molecule has 0 unspecified atom stereocenters. The lowest BCUT2D eigenvalue weighted by Crippen LogP contribution is -2.60. The number of nitrogens with two attached hydrogens (primary N) is 4. The molecule has 20 heteroatoms. The molecule has 60 heavy (non-hydrogen) atoms. The maximum Gasteiger partial charge on any atom is 0.326 e. The molecule has 0 saturated carbocycles. The molecule has 5 amide bonds. The number of benzene rings is 1. The van der Waals surface area contributed by atoms with Gasteiger partial charge in [-0.1, -0.05) is 46.2 Å². The number of aliphatic carboxylic acids is 1. The number of carboxylic acid groups (broad SMARTS) is 1. The normalized spacial score (nSPS) is 18.0. The Balaban J connectivity index is 1.81. The Kier molecular flexibility index (Phi) is 19.3. The average molecular weight is 843 g/mol. The first-order valence-corrected chi connectivity index (χ1v) is 20.8. The first kappa shape index (κ1) is 48.7. The van der Waals surface area contributed by atoms with Gasteiger partial charge in [-0.2, -0.15) is 0 Å². The van der Waals surface area contributed by atoms with Crippen molar-refractivity contribution >= 4 is 47.4 Å². The van der Waals surface area contributed by atoms with Crippen LogP contribution in [0.3, 0.4) is 0 Å². The van der Waals surface area contributed by atoms with Crippen LogP contribution in [0, 0.1) is 11.8 Å². The molecule has 0 radical (unpaired) electrons. The van der Waals surface area contributed by atoms with Gasteiger partial charge >= 0.3 is 5.97 Å². The number of phenolic OH excluding ortho intramolecular Hbond substituents is 1. The van der Waals surface area contributed by atoms with E-state index in [0.29, 0.717) is 63.3 Å². The summed E-state index contributed by atoms with van der Waals surface area (Å²) < 4.78 is 0. The van der Waals surface area contributed by atoms with Crippen molar-refractivity contribution in [2.45, 2.75) is 122 Å². The molecule has 0 aliphatic carbocycles. The van der Waals surface area contributed by atoms with Crippen LogP contribution in [0.5, 0.6) is 5.75 Å². The van der Waals surface area contributed by atoms with E-state index in [2.05, 4.69) is 31.3 Å². The predicted octanol–water partition coefficient (Wildman–Crippen LogP) is -1.17. The summed E-state index contributed by atoms with van der Waals surface area (Å²) in [5.74, 6) is -4.39. The van der Waals surface area contributed by atoms with Crippen LogP contribution in [0.2, 0.25) is 0 Å². The second-order valence-corrected chi connectivity index (χ2v) is 16.0. The first-order valence-electron chi connectivity index (χ1n) is 20.8. The molecule has 1 aromatic carbocycles. The van der Waals surface area contributed by atoms with E-state index in [0.717, 1.165) is 0 Å². The fraction of sp³-hybridized carbons (Fsp3) is 0.650. The molecule has 7 atom stereocenters. The highest BCUT2D eigenvalue weighted by molar-refractivity contribution is 5.97. The summed E-state index contributed by atoms with van der Waals surface area (Å²) in [6.07, 6.45) is 2.68. The number of aromatic hydroxyl groups is 1. The van der Waals surface area contributed by atoms with Crippen LogP contribution in [-0.2, 0) is 35.2 Å². The Hall–Kier alpha value is -5.66. The van der Waals surface area contributed by atoms with Crippen LogP contribution < -0.4 is 44.2 Å². The zero-order valence-corrected chi connectivity index (χ0v) is 35.3. The largest absolute Gasteiger partial charge is 0.508 e. The molecular formula is C40H66N12O8. The molecule has 0 aromatic heterocycles. The maximum absolute atomic E-state index is 14.2. The molecule has 334 valence electrons. The average Bonchev–Trinajstić information content (AvgIpc) is 3.86. The number of hydrogen-bond acceptors (Lipinski definition) is 12. The molecular weight excluding hydrogens is 777 g/mol. The third-order valence-electron chi connectivity index (χ3n) is 10.8. The minimum Gasteiger partial charge on any atom is -0.508 e. The zero-order valence-electron chi connectivity index (χ0n) is 35.3. The molecule has 3 rings (SSSR count). The quantitative estimate of drug-likeness (QED) is 0.0334. The minimum atomic E-state index is -1.25. The standard InChI is InChI=1S/C40H66N12O8/c1-5-24(4)32(36(57)49-30(38(59)60)21-23(2)3)50-34(55)29(22-25-12-14-26(53)15-13-25)48-35(56)31-11-8-19-52(31)37(58)28(10-6-16-45-39(42)43)47-33(54)27(41)9-7-18-51-20-17-46-40(51)44/h12-15,23-24,27-32,53H,5-11,16-22,41H2,1-4H3,(H2,44,46)(H,47,54)(H,48,56)(H,49,57)(H,50,55)(H,59,60)(H4,42,43,45)/t24-,27-,28-,29-,30-,31-,32-/m0/s1. The van der Waals surface area contributed by atoms with Crippen LogP contribution >= 0.6 is 0 Å². The Labute approximate surface area is 351 Å². The number of guanidine groups is 2. The van der Waals surface area contributed by atoms with Crippen molar-refractivity contribution in [1.82, 2.24) is 31.1 Å². The number of carboxylic acids is 1. The van der Waals surface area contributed by atoms with E-state index >= 15 is 0 Å². The van der Waals surface area contributed by atoms with E-state index in [-0.39, 0.29) is 56.4 Å². The SMILES string of the molecule is CC[C@H](C)[C@H](NC(=O)[C@H](Cc1ccc(O)cc1)NC(=O)[C@@H]1CCCN1C(=O)[C@H](CCCN=C(N)N)NC(=O)[C@@H](N)CCCN1CCN=C1N)C(=O)N[C@@H](CC(C)C)C(=O)O. The molecule has 1 aromatic rings. The van der Waals surface area contributed by atoms with E-state index in [1.54, 1.807) is 19.1 Å². The summed E-state index contributed by atoms with van der Waals surface area (Å²) in [6, 6.07) is -0.514. The fourth-order valence-electron chi connectivity index (χ4n) is 7.16. The predicted molar refractivity (Wildman–Crippen MR) is 226 cm³/mol. The van der Waals surface area contributed by atoms with Gasteiger partial charge < -0.3 is 64.2 Å². The summed E-state index contributed by atoms with van der Waals surface area (Å²) in [5.41, 5.74) is 23.7. The van der Waals surface area contributed by atoms with E-state index in [9.17, 15) is 39.0 Å². The van der Waals surface area contributed by atoms with Gasteiger partial charge in [0, 0.05) is 32.6 Å². The summed E-state index contributed by atoms with van der Waals surface area (Å²) >= 11 is 0. The minimum absolute atomic E-state index is 0.00470. The number of aliphatic imine (C=N–C) groups is 2. The summed E-state index contributed by atoms with van der Waals surface area (Å²) in [6.45, 7) is 9.50. The first-order chi connectivity index (χ1) is 28.4. The van der Waals surface area contributed by atoms with Gasteiger partial charge in [0.25, 0.3) is 0 Å². The van der Waals surface area contributed by atoms with Crippen LogP contribution in [0.1, 0.15) is 84.6 Å². The second-order valence-electron chi connectivity index (χ2n) is 16.0. The van der Waals surface area contributed by atoms with Crippen molar-refractivity contribution < 1.29 is 39.0 Å². The highest BCUT2D eigenvalue weighted by Crippen LogP contribution is 2.21. The number of phenols is 1. The van der Waals surface area contributed by atoms with Gasteiger partial charge in [-0.25, -0.2) is 4.79 Å². The van der Waals surface area contributed by atoms with Gasteiger partial charge in [-0.15, -0.1) is 0 Å². The van der Waals surface area contributed by atoms with E-state index in [4.69, 9.17) is 22.9 Å². The molecule has 0 bridgehead atoms. The highest BCUT2D eigenvalue weighted by atomic mass is 16.4. The number of carbonyl (C=O) groups excluding carboxylic acids is 5. The molecule has 2 heterocycles. The van der Waals surface area contributed by atoms with Gasteiger partial charge in [0.15, 0.2) is 11.9 Å². The molecule has 1 fully saturated rings. The number of nitrogens with one attached hydrogen (secondary N) is 4. The molecule has 2 aliphatic heterocycles. The topological polar surface area (TPSA) is 326 Å². The third kappa shape index (κ3) is 15.2. The van der Waals surface area contributed by atoms with Crippen LogP contribution in [-0.4, -0.2) is 136 Å². The summed E-state index contributed by atoms with van der Waals surface area (Å²) in [4.78, 5) is 92.8. The van der Waals surface area contributed by atoms with E-state index < -0.39 is 77.7 Å². The Morgan fingerprint density at radius 2 is 1.58 bits per heavy atom. The Bertz CT molecular complexity index is 1690. The Morgan fingerprint density at radius 3 is 2.18 bits per heavy atom. The molecule has 20 nitrogen and oxygen atoms in total. The van der Waals surface area contributed by atoms with Gasteiger partial charge in [0.1, 0.15) is 36.0 Å². The van der Waals surface area contributed by atoms with Crippen molar-refractivity contribution in [2.75, 3.05) is 32.7 Å². The monoisotopic (exact) mass is 843 g/mol. The smallest absolute Gasteiger partial charge is 0.326 e. The van der Waals surface area contributed by atoms with E-state index in [1.165, 1.54) is 17.0 Å². The molecule has 2 aliphatic rings. The molecule has 1 saturated heterocycles. The number of hydrogen-bond donors (Lipinski definition) is 10. The number of amides is 5. The van der Waals surface area contributed by atoms with Crippen LogP contribution in [0.4, 0.5) is 0 Å². The van der Waals surface area contributed by atoms with Crippen molar-refractivity contribution in [2.24, 2.45) is 44.8 Å². The van der Waals surface area contributed by atoms with Gasteiger partial charge in [-0.05, 0) is 74.5 Å². The number of rotatable bonds is 24. The van der Waals surface area contributed by atoms with Crippen molar-refractivity contribution in [3.8, 4) is 5.75 Å². The summed E-state index contributed by atoms with van der Waals surface area (Å²) in [5, 5.41) is 30.6. The van der Waals surface area contributed by atoms with Crippen molar-refractivity contribution in [3.63, 3.8) is 0 Å². The number of carbonyl (C=O) groups is 6. The molecule has 14 N–H and O–H groups in total. The van der Waals surface area contributed by atoms with Crippen LogP contribution in [0.25, 0.3) is 0 Å². The van der Waals surface area contributed by atoms with E-state index in [1.807, 2.05) is 25.7 Å². The lowest BCUT2D eigenvalue weighted by atomic mass is 9.96. The van der Waals surface area contributed by atoms with Gasteiger partial charge in [0.05, 0.1) is 12.6 Å². The maximum atomic E-state index is 14.2. The fourth-order valence-corrected chi connectivity index (χ4v) is 7.16. The number of likely N-dealkylation sites (tertiary alicyclic amines) is 1. The van der Waals surface area contributed by atoms with Crippen LogP contribution in [0.15, 0.2) is 34.3 Å². The molecule has 0 spiro atoms. The zero-order chi connectivity index (χ0) is 44.5. The lowest BCUT2D eigenvalue weighted by Gasteiger charge is -2.31. The second kappa shape index (κ2) is 23.8. The van der Waals surface area contributed by atoms with Crippen molar-refractivity contribution in [3.05, 3.63) is 29.8 Å². The Morgan fingerprint density at radius 1 is 0.900 bits per heavy atom. The number of nitrogens with zero attached hydrogens (tertiary/aromatic N) is 4. The van der Waals surface area contributed by atoms with Gasteiger partial charge in [0.2, 0.25) is 29.5 Å². The van der Waals surface area contributed by atoms with Gasteiger partial charge in [-0.3, -0.25) is 34.0 Å². The third-order valence-corrected chi connectivity index (χ3v) is 10.8. The summed E-state index contributed by atoms with van der Waals surface area (Å²) in [7, 11) is 0.